The summed E-state index contributed by atoms with van der Waals surface area (Å²) in [6, 6.07) is 12.6. The molecule has 3 aromatic rings. The van der Waals surface area contributed by atoms with Crippen molar-refractivity contribution in [2.75, 3.05) is 0 Å². The minimum atomic E-state index is 0.993. The van der Waals surface area contributed by atoms with Crippen LogP contribution in [0.4, 0.5) is 0 Å². The Hall–Kier alpha value is -2.09. The zero-order valence-corrected chi connectivity index (χ0v) is 10.0. The van der Waals surface area contributed by atoms with Crippen molar-refractivity contribution in [2.45, 2.75) is 13.8 Å². The summed E-state index contributed by atoms with van der Waals surface area (Å²) < 4.78 is 2.08. The van der Waals surface area contributed by atoms with Crippen molar-refractivity contribution in [3.05, 3.63) is 59.9 Å². The summed E-state index contributed by atoms with van der Waals surface area (Å²) in [5.41, 5.74) is 5.69. The van der Waals surface area contributed by atoms with Gasteiger partial charge in [0.1, 0.15) is 5.65 Å². The molecule has 2 nitrogen and oxygen atoms in total. The summed E-state index contributed by atoms with van der Waals surface area (Å²) in [5, 5.41) is 0. The van der Waals surface area contributed by atoms with E-state index in [1.165, 1.54) is 16.7 Å². The number of nitrogens with zero attached hydrogens (tertiary/aromatic N) is 2. The second-order valence-electron chi connectivity index (χ2n) is 4.47. The molecular formula is C15H14N2. The lowest BCUT2D eigenvalue weighted by molar-refractivity contribution is 1.16. The third kappa shape index (κ3) is 1.82. The molecule has 0 unspecified atom stereocenters. The molecule has 84 valence electrons. The van der Waals surface area contributed by atoms with Crippen LogP contribution >= 0.6 is 0 Å². The molecule has 0 spiro atoms. The van der Waals surface area contributed by atoms with E-state index < -0.39 is 0 Å². The largest absolute Gasteiger partial charge is 0.306 e. The van der Waals surface area contributed by atoms with E-state index in [0.717, 1.165) is 11.3 Å². The van der Waals surface area contributed by atoms with E-state index in [4.69, 9.17) is 0 Å². The van der Waals surface area contributed by atoms with Crippen LogP contribution in [0.3, 0.4) is 0 Å². The van der Waals surface area contributed by atoms with E-state index in [0.29, 0.717) is 0 Å². The van der Waals surface area contributed by atoms with Crippen molar-refractivity contribution in [3.63, 3.8) is 0 Å². The van der Waals surface area contributed by atoms with Crippen molar-refractivity contribution in [1.82, 2.24) is 9.38 Å². The van der Waals surface area contributed by atoms with E-state index in [-0.39, 0.29) is 0 Å². The Morgan fingerprint density at radius 2 is 1.82 bits per heavy atom. The highest BCUT2D eigenvalue weighted by Gasteiger charge is 2.04. The first kappa shape index (κ1) is 10.1. The molecule has 2 aromatic heterocycles. The normalized spacial score (nSPS) is 10.9. The van der Waals surface area contributed by atoms with Crippen LogP contribution in [-0.4, -0.2) is 9.38 Å². The Balaban J connectivity index is 2.18. The van der Waals surface area contributed by atoms with Gasteiger partial charge in [-0.1, -0.05) is 29.8 Å². The van der Waals surface area contributed by atoms with Gasteiger partial charge in [-0.05, 0) is 31.5 Å². The van der Waals surface area contributed by atoms with Gasteiger partial charge in [0.2, 0.25) is 0 Å². The maximum absolute atomic E-state index is 4.63. The number of aromatic nitrogens is 2. The van der Waals surface area contributed by atoms with Crippen LogP contribution in [0.15, 0.2) is 48.8 Å². The van der Waals surface area contributed by atoms with Crippen LogP contribution in [0.1, 0.15) is 11.1 Å². The third-order valence-electron chi connectivity index (χ3n) is 2.91. The summed E-state index contributed by atoms with van der Waals surface area (Å²) in [5.74, 6) is 0. The number of pyridine rings is 1. The van der Waals surface area contributed by atoms with Crippen LogP contribution in [0.5, 0.6) is 0 Å². The topological polar surface area (TPSA) is 17.3 Å². The van der Waals surface area contributed by atoms with E-state index in [2.05, 4.69) is 72.0 Å². The van der Waals surface area contributed by atoms with Gasteiger partial charge in [-0.25, -0.2) is 4.98 Å². The Morgan fingerprint density at radius 1 is 0.941 bits per heavy atom. The van der Waals surface area contributed by atoms with Gasteiger partial charge in [0, 0.05) is 18.0 Å². The van der Waals surface area contributed by atoms with Crippen molar-refractivity contribution >= 4 is 5.65 Å². The molecule has 0 N–H and O–H groups in total. The average Bonchev–Trinajstić information content (AvgIpc) is 2.72. The highest BCUT2D eigenvalue weighted by atomic mass is 15.0. The van der Waals surface area contributed by atoms with Crippen molar-refractivity contribution in [2.24, 2.45) is 0 Å². The van der Waals surface area contributed by atoms with E-state index in [1.807, 2.05) is 0 Å². The second-order valence-corrected chi connectivity index (χ2v) is 4.47. The van der Waals surface area contributed by atoms with Crippen LogP contribution in [0, 0.1) is 13.8 Å². The highest BCUT2D eigenvalue weighted by Crippen LogP contribution is 2.20. The summed E-state index contributed by atoms with van der Waals surface area (Å²) in [6.45, 7) is 4.19. The summed E-state index contributed by atoms with van der Waals surface area (Å²) >= 11 is 0. The molecule has 1 aromatic carbocycles. The van der Waals surface area contributed by atoms with E-state index in [9.17, 15) is 0 Å². The second kappa shape index (κ2) is 3.74. The van der Waals surface area contributed by atoms with Crippen LogP contribution < -0.4 is 0 Å². The molecule has 0 aliphatic rings. The van der Waals surface area contributed by atoms with Gasteiger partial charge in [0.05, 0.1) is 5.69 Å². The molecule has 17 heavy (non-hydrogen) atoms. The smallest absolute Gasteiger partial charge is 0.137 e. The molecule has 0 aliphatic heterocycles. The quantitative estimate of drug-likeness (QED) is 0.614. The first-order chi connectivity index (χ1) is 8.22. The van der Waals surface area contributed by atoms with Crippen molar-refractivity contribution in [1.29, 1.82) is 0 Å². The number of hydrogen-bond donors (Lipinski definition) is 0. The van der Waals surface area contributed by atoms with Crippen molar-refractivity contribution < 1.29 is 0 Å². The van der Waals surface area contributed by atoms with Gasteiger partial charge in [0.15, 0.2) is 0 Å². The monoisotopic (exact) mass is 222 g/mol. The van der Waals surface area contributed by atoms with Gasteiger partial charge in [0.25, 0.3) is 0 Å². The predicted molar refractivity (Wildman–Crippen MR) is 70.1 cm³/mol. The fourth-order valence-electron chi connectivity index (χ4n) is 2.05. The first-order valence-electron chi connectivity index (χ1n) is 5.75. The fraction of sp³-hybridized carbons (Fsp3) is 0.133. The molecule has 3 rings (SSSR count). The lowest BCUT2D eigenvalue weighted by Crippen LogP contribution is -1.82. The molecule has 0 saturated carbocycles. The molecular weight excluding hydrogens is 208 g/mol. The number of aryl methyl sites for hydroxylation is 2. The number of fused-ring (bicyclic) bond motifs is 1. The summed E-state index contributed by atoms with van der Waals surface area (Å²) in [7, 11) is 0. The summed E-state index contributed by atoms with van der Waals surface area (Å²) in [4.78, 5) is 4.63. The number of benzene rings is 1. The minimum absolute atomic E-state index is 0.993. The van der Waals surface area contributed by atoms with E-state index >= 15 is 0 Å². The molecule has 2 heterocycles. The maximum atomic E-state index is 4.63. The fourth-order valence-corrected chi connectivity index (χ4v) is 2.05. The Morgan fingerprint density at radius 3 is 2.65 bits per heavy atom. The Kier molecular flexibility index (Phi) is 2.22. The minimum Gasteiger partial charge on any atom is -0.306 e. The van der Waals surface area contributed by atoms with Crippen LogP contribution in [0.2, 0.25) is 0 Å². The van der Waals surface area contributed by atoms with Crippen molar-refractivity contribution in [3.8, 4) is 11.3 Å². The molecule has 0 aliphatic carbocycles. The van der Waals surface area contributed by atoms with E-state index in [1.54, 1.807) is 0 Å². The molecule has 2 heteroatoms. The van der Waals surface area contributed by atoms with Gasteiger partial charge in [-0.15, -0.1) is 0 Å². The lowest BCUT2D eigenvalue weighted by Gasteiger charge is -1.96. The van der Waals surface area contributed by atoms with Crippen LogP contribution in [0.25, 0.3) is 16.9 Å². The van der Waals surface area contributed by atoms with Gasteiger partial charge in [-0.3, -0.25) is 0 Å². The molecule has 0 bridgehead atoms. The average molecular weight is 222 g/mol. The molecule has 0 saturated heterocycles. The Labute approximate surface area is 101 Å². The number of imidazole rings is 1. The van der Waals surface area contributed by atoms with Gasteiger partial charge >= 0.3 is 0 Å². The maximum Gasteiger partial charge on any atom is 0.137 e. The zero-order chi connectivity index (χ0) is 11.8. The SMILES string of the molecule is Cc1cccc(-c2cn3cc(C)ccc3n2)c1. The number of rotatable bonds is 1. The predicted octanol–water partition coefficient (Wildman–Crippen LogP) is 3.62. The molecule has 0 amide bonds. The molecule has 0 atom stereocenters. The van der Waals surface area contributed by atoms with Crippen LogP contribution in [-0.2, 0) is 0 Å². The molecule has 0 radical (unpaired) electrons. The third-order valence-corrected chi connectivity index (χ3v) is 2.91. The van der Waals surface area contributed by atoms with Gasteiger partial charge in [-0.2, -0.15) is 0 Å². The number of hydrogen-bond acceptors (Lipinski definition) is 1. The standard InChI is InChI=1S/C15H14N2/c1-11-4-3-5-13(8-11)14-10-17-9-12(2)6-7-15(17)16-14/h3-10H,1-2H3. The highest BCUT2D eigenvalue weighted by molar-refractivity contribution is 5.63. The van der Waals surface area contributed by atoms with Gasteiger partial charge < -0.3 is 4.40 Å². The zero-order valence-electron chi connectivity index (χ0n) is 10.0. The lowest BCUT2D eigenvalue weighted by atomic mass is 10.1. The molecule has 0 fully saturated rings. The summed E-state index contributed by atoms with van der Waals surface area (Å²) in [6.07, 6.45) is 4.18. The first-order valence-corrected chi connectivity index (χ1v) is 5.75. The Bertz CT molecular complexity index is 680.